The summed E-state index contributed by atoms with van der Waals surface area (Å²) >= 11 is 5.98. The van der Waals surface area contributed by atoms with E-state index >= 15 is 0 Å². The molecule has 0 spiro atoms. The van der Waals surface area contributed by atoms with Gasteiger partial charge in [-0.05, 0) is 36.6 Å². The van der Waals surface area contributed by atoms with Crippen LogP contribution in [0, 0.1) is 0 Å². The summed E-state index contributed by atoms with van der Waals surface area (Å²) in [6, 6.07) is 3.72. The van der Waals surface area contributed by atoms with Gasteiger partial charge in [0.25, 0.3) is 0 Å². The van der Waals surface area contributed by atoms with Crippen molar-refractivity contribution in [1.82, 2.24) is 14.5 Å². The number of nitrogens with zero attached hydrogens (tertiary/aromatic N) is 2. The lowest BCUT2D eigenvalue weighted by Gasteiger charge is -2.32. The number of hydrogen-bond acceptors (Lipinski definition) is 6. The lowest BCUT2D eigenvalue weighted by molar-refractivity contribution is -0.146. The van der Waals surface area contributed by atoms with Crippen LogP contribution in [-0.2, 0) is 35.7 Å². The molecule has 0 bridgehead atoms. The summed E-state index contributed by atoms with van der Waals surface area (Å²) in [6.45, 7) is 4.25. The second-order valence-corrected chi connectivity index (χ2v) is 10.3. The highest BCUT2D eigenvalue weighted by atomic mass is 35.5. The standard InChI is InChI=1S/C20H26ClN3O6S/c1-13(19(25)23-6-8-29-9-7-23)24-5-4-17(20(24)26)22-31(27,28)12-18-16-3-2-15(21)10-14(16)11-30-18/h2-3,10,13,17-18,22H,4-9,11-12H2,1H3/t13-,17-,18?/m0/s1. The third kappa shape index (κ3) is 4.88. The van der Waals surface area contributed by atoms with Crippen LogP contribution in [0.3, 0.4) is 0 Å². The predicted molar refractivity (Wildman–Crippen MR) is 113 cm³/mol. The highest BCUT2D eigenvalue weighted by molar-refractivity contribution is 7.89. The summed E-state index contributed by atoms with van der Waals surface area (Å²) in [4.78, 5) is 28.7. The van der Waals surface area contributed by atoms with Gasteiger partial charge in [-0.2, -0.15) is 0 Å². The van der Waals surface area contributed by atoms with Gasteiger partial charge in [0.1, 0.15) is 12.1 Å². The third-order valence-corrected chi connectivity index (χ3v) is 7.59. The van der Waals surface area contributed by atoms with Gasteiger partial charge >= 0.3 is 0 Å². The molecule has 0 aliphatic carbocycles. The van der Waals surface area contributed by atoms with Crippen LogP contribution < -0.4 is 4.72 Å². The van der Waals surface area contributed by atoms with E-state index in [0.29, 0.717) is 50.9 Å². The van der Waals surface area contributed by atoms with Gasteiger partial charge in [0.2, 0.25) is 21.8 Å². The Balaban J connectivity index is 1.36. The van der Waals surface area contributed by atoms with E-state index in [2.05, 4.69) is 4.72 Å². The van der Waals surface area contributed by atoms with Crippen molar-refractivity contribution < 1.29 is 27.5 Å². The van der Waals surface area contributed by atoms with E-state index in [1.54, 1.807) is 30.0 Å². The molecule has 1 unspecified atom stereocenters. The maximum atomic E-state index is 12.8. The van der Waals surface area contributed by atoms with Gasteiger partial charge in [0, 0.05) is 24.7 Å². The van der Waals surface area contributed by atoms with Gasteiger partial charge in [-0.25, -0.2) is 13.1 Å². The first kappa shape index (κ1) is 22.5. The molecule has 3 heterocycles. The van der Waals surface area contributed by atoms with Gasteiger partial charge in [-0.3, -0.25) is 9.59 Å². The van der Waals surface area contributed by atoms with Crippen molar-refractivity contribution >= 4 is 33.4 Å². The Morgan fingerprint density at radius 1 is 1.29 bits per heavy atom. The topological polar surface area (TPSA) is 105 Å². The Kier molecular flexibility index (Phi) is 6.55. The van der Waals surface area contributed by atoms with E-state index in [9.17, 15) is 18.0 Å². The first-order chi connectivity index (χ1) is 14.7. The van der Waals surface area contributed by atoms with Crippen LogP contribution in [0.1, 0.15) is 30.6 Å². The van der Waals surface area contributed by atoms with Crippen LogP contribution in [0.5, 0.6) is 0 Å². The Bertz CT molecular complexity index is 966. The summed E-state index contributed by atoms with van der Waals surface area (Å²) in [5.74, 6) is -0.805. The number of sulfonamides is 1. The third-order valence-electron chi connectivity index (χ3n) is 5.97. The Labute approximate surface area is 186 Å². The second-order valence-electron chi connectivity index (χ2n) is 8.03. The lowest BCUT2D eigenvalue weighted by Crippen LogP contribution is -2.52. The Hall–Kier alpha value is -1.72. The number of nitrogens with one attached hydrogen (secondary N) is 1. The Morgan fingerprint density at radius 2 is 2.03 bits per heavy atom. The summed E-state index contributed by atoms with van der Waals surface area (Å²) in [7, 11) is -3.79. The SMILES string of the molecule is C[C@@H](C(=O)N1CCOCC1)N1CC[C@H](NS(=O)(=O)CC2OCc3cc(Cl)ccc32)C1=O. The zero-order valence-corrected chi connectivity index (χ0v) is 18.8. The number of benzene rings is 1. The van der Waals surface area contributed by atoms with Crippen LogP contribution in [0.4, 0.5) is 0 Å². The first-order valence-electron chi connectivity index (χ1n) is 10.3. The molecule has 0 aromatic heterocycles. The highest BCUT2D eigenvalue weighted by Crippen LogP contribution is 2.33. The minimum Gasteiger partial charge on any atom is -0.378 e. The molecule has 4 rings (SSSR count). The minimum atomic E-state index is -3.79. The number of carbonyl (C=O) groups is 2. The molecular weight excluding hydrogens is 446 g/mol. The van der Waals surface area contributed by atoms with Gasteiger partial charge in [-0.1, -0.05) is 17.7 Å². The van der Waals surface area contributed by atoms with Crippen LogP contribution in [0.15, 0.2) is 18.2 Å². The Morgan fingerprint density at radius 3 is 2.77 bits per heavy atom. The lowest BCUT2D eigenvalue weighted by atomic mass is 10.1. The zero-order valence-electron chi connectivity index (χ0n) is 17.3. The fraction of sp³-hybridized carbons (Fsp3) is 0.600. The fourth-order valence-corrected chi connectivity index (χ4v) is 5.89. The van der Waals surface area contributed by atoms with Crippen molar-refractivity contribution in [3.8, 4) is 0 Å². The summed E-state index contributed by atoms with van der Waals surface area (Å²) in [5.41, 5.74) is 1.66. The smallest absolute Gasteiger partial charge is 0.245 e. The maximum Gasteiger partial charge on any atom is 0.245 e. The number of amides is 2. The zero-order chi connectivity index (χ0) is 22.2. The number of rotatable bonds is 6. The van der Waals surface area contributed by atoms with E-state index in [4.69, 9.17) is 21.1 Å². The average molecular weight is 472 g/mol. The quantitative estimate of drug-likeness (QED) is 0.654. The van der Waals surface area contributed by atoms with Gasteiger partial charge in [-0.15, -0.1) is 0 Å². The molecule has 11 heteroatoms. The van der Waals surface area contributed by atoms with Crippen LogP contribution in [-0.4, -0.2) is 80.7 Å². The largest absolute Gasteiger partial charge is 0.378 e. The summed E-state index contributed by atoms with van der Waals surface area (Å²) < 4.78 is 38.9. The van der Waals surface area contributed by atoms with E-state index in [-0.39, 0.29) is 17.6 Å². The molecule has 1 aromatic rings. The molecule has 9 nitrogen and oxygen atoms in total. The fourth-order valence-electron chi connectivity index (χ4n) is 4.27. The number of fused-ring (bicyclic) bond motifs is 1. The molecule has 0 saturated carbocycles. The van der Waals surface area contributed by atoms with Gasteiger partial charge in [0.15, 0.2) is 0 Å². The molecule has 1 aromatic carbocycles. The minimum absolute atomic E-state index is 0.144. The molecule has 2 saturated heterocycles. The van der Waals surface area contributed by atoms with E-state index < -0.39 is 28.2 Å². The molecular formula is C20H26ClN3O6S. The van der Waals surface area contributed by atoms with Gasteiger partial charge in [0.05, 0.1) is 31.7 Å². The number of likely N-dealkylation sites (tertiary alicyclic amines) is 1. The van der Waals surface area contributed by atoms with Crippen LogP contribution >= 0.6 is 11.6 Å². The van der Waals surface area contributed by atoms with Crippen molar-refractivity contribution in [2.45, 2.75) is 38.1 Å². The van der Waals surface area contributed by atoms with Crippen LogP contribution in [0.25, 0.3) is 0 Å². The number of morpholine rings is 1. The van der Waals surface area contributed by atoms with Crippen LogP contribution in [0.2, 0.25) is 5.02 Å². The van der Waals surface area contributed by atoms with Crippen molar-refractivity contribution in [1.29, 1.82) is 0 Å². The second kappa shape index (κ2) is 9.03. The number of carbonyl (C=O) groups excluding carboxylic acids is 2. The molecule has 31 heavy (non-hydrogen) atoms. The maximum absolute atomic E-state index is 12.8. The summed E-state index contributed by atoms with van der Waals surface area (Å²) in [6.07, 6.45) is -0.296. The molecule has 3 aliphatic rings. The first-order valence-corrected chi connectivity index (χ1v) is 12.3. The molecule has 2 fully saturated rings. The van der Waals surface area contributed by atoms with Crippen molar-refractivity contribution in [3.63, 3.8) is 0 Å². The molecule has 1 N–H and O–H groups in total. The van der Waals surface area contributed by atoms with Gasteiger partial charge < -0.3 is 19.3 Å². The van der Waals surface area contributed by atoms with Crippen molar-refractivity contribution in [2.24, 2.45) is 0 Å². The highest BCUT2D eigenvalue weighted by Gasteiger charge is 2.40. The molecule has 3 aliphatic heterocycles. The average Bonchev–Trinajstić information content (AvgIpc) is 3.30. The van der Waals surface area contributed by atoms with E-state index in [1.807, 2.05) is 0 Å². The number of hydrogen-bond donors (Lipinski definition) is 1. The van der Waals surface area contributed by atoms with Crippen molar-refractivity contribution in [3.05, 3.63) is 34.3 Å². The summed E-state index contributed by atoms with van der Waals surface area (Å²) in [5, 5.41) is 0.571. The molecule has 3 atom stereocenters. The normalized spacial score (nSPS) is 25.0. The number of ether oxygens (including phenoxy) is 2. The molecule has 2 amide bonds. The van der Waals surface area contributed by atoms with Crippen molar-refractivity contribution in [2.75, 3.05) is 38.6 Å². The van der Waals surface area contributed by atoms with E-state index in [1.165, 1.54) is 4.90 Å². The van der Waals surface area contributed by atoms with E-state index in [0.717, 1.165) is 11.1 Å². The molecule has 170 valence electrons. The molecule has 0 radical (unpaired) electrons. The predicted octanol–water partition coefficient (Wildman–Crippen LogP) is 0.679. The number of halogens is 1. The monoisotopic (exact) mass is 471 g/mol.